The molecule has 49 heavy (non-hydrogen) atoms. The Morgan fingerprint density at radius 1 is 0.980 bits per heavy atom. The van der Waals surface area contributed by atoms with Crippen LogP contribution in [0, 0.1) is 11.3 Å². The molecule has 2 aliphatic carbocycles. The van der Waals surface area contributed by atoms with Crippen LogP contribution in [0.2, 0.25) is 0 Å². The highest BCUT2D eigenvalue weighted by atomic mass is 16.3. The first-order valence-electron chi connectivity index (χ1n) is 18.4. The van der Waals surface area contributed by atoms with Crippen LogP contribution in [0.25, 0.3) is 11.1 Å². The summed E-state index contributed by atoms with van der Waals surface area (Å²) in [5.41, 5.74) is 14.6. The number of hydrogen-bond donors (Lipinski definition) is 3. The van der Waals surface area contributed by atoms with Crippen molar-refractivity contribution in [3.05, 3.63) is 108 Å². The van der Waals surface area contributed by atoms with Gasteiger partial charge in [-0.1, -0.05) is 81.6 Å². The van der Waals surface area contributed by atoms with Gasteiger partial charge in [-0.15, -0.1) is 0 Å². The lowest BCUT2D eigenvalue weighted by Crippen LogP contribution is -2.53. The standard InChI is InChI=1S/C43H61N5O/c1-31(27-39(48-23-21-47(22-24-48)25-26-49)45-34(4)40(33(3)44)36-13-10-9-11-14-36)37-15-12-16-38(28-37)41(5,6)42(7,8)46-32(2)29-43-19-17-35(30-43)18-20-43/h9-16,27-28,35,46,49H,1-2,17-26,29-30,44H2,3-8H3/b39-27+,40-33+,45-34+. The quantitative estimate of drug-likeness (QED) is 0.141. The zero-order chi connectivity index (χ0) is 35.4. The van der Waals surface area contributed by atoms with Gasteiger partial charge in [0.15, 0.2) is 0 Å². The minimum absolute atomic E-state index is 0.173. The number of aliphatic hydroxyl groups is 1. The number of fused-ring (bicyclic) bond motifs is 2. The lowest BCUT2D eigenvalue weighted by molar-refractivity contribution is 0.131. The summed E-state index contributed by atoms with van der Waals surface area (Å²) >= 11 is 0. The third-order valence-corrected chi connectivity index (χ3v) is 12.0. The maximum atomic E-state index is 9.51. The largest absolute Gasteiger partial charge is 0.402 e. The van der Waals surface area contributed by atoms with Crippen molar-refractivity contribution >= 4 is 16.9 Å². The number of nitrogens with two attached hydrogens (primary N) is 1. The molecule has 2 aromatic carbocycles. The third-order valence-electron chi connectivity index (χ3n) is 12.0. The molecular weight excluding hydrogens is 603 g/mol. The highest BCUT2D eigenvalue weighted by Crippen LogP contribution is 2.57. The molecule has 1 saturated heterocycles. The van der Waals surface area contributed by atoms with Crippen LogP contribution in [0.4, 0.5) is 0 Å². The Morgan fingerprint density at radius 2 is 1.63 bits per heavy atom. The molecule has 1 aliphatic heterocycles. The predicted octanol–water partition coefficient (Wildman–Crippen LogP) is 8.13. The van der Waals surface area contributed by atoms with Crippen LogP contribution in [0.5, 0.6) is 0 Å². The van der Waals surface area contributed by atoms with E-state index in [0.717, 1.165) is 78.0 Å². The number of aliphatic imine (C=N–C) groups is 1. The van der Waals surface area contributed by atoms with Gasteiger partial charge in [-0.3, -0.25) is 4.90 Å². The minimum atomic E-state index is -0.214. The molecule has 264 valence electrons. The van der Waals surface area contributed by atoms with Crippen LogP contribution in [-0.4, -0.2) is 65.5 Å². The summed E-state index contributed by atoms with van der Waals surface area (Å²) in [7, 11) is 0. The first kappa shape index (κ1) is 36.7. The fourth-order valence-electron chi connectivity index (χ4n) is 8.45. The van der Waals surface area contributed by atoms with Crippen molar-refractivity contribution in [1.82, 2.24) is 15.1 Å². The molecular formula is C43H61N5O. The van der Waals surface area contributed by atoms with Crippen LogP contribution >= 0.6 is 0 Å². The van der Waals surface area contributed by atoms with E-state index in [2.05, 4.69) is 98.4 Å². The summed E-state index contributed by atoms with van der Waals surface area (Å²) in [6.45, 7) is 26.7. The molecule has 2 aromatic rings. The van der Waals surface area contributed by atoms with Gasteiger partial charge in [0, 0.05) is 66.4 Å². The Labute approximate surface area is 296 Å². The smallest absolute Gasteiger partial charge is 0.129 e. The lowest BCUT2D eigenvalue weighted by atomic mass is 9.69. The second kappa shape index (κ2) is 15.1. The van der Waals surface area contributed by atoms with Crippen LogP contribution in [0.3, 0.4) is 0 Å². The van der Waals surface area contributed by atoms with Gasteiger partial charge in [0.2, 0.25) is 0 Å². The molecule has 6 nitrogen and oxygen atoms in total. The van der Waals surface area contributed by atoms with E-state index in [-0.39, 0.29) is 17.6 Å². The number of nitrogens with zero attached hydrogens (tertiary/aromatic N) is 3. The highest BCUT2D eigenvalue weighted by molar-refractivity contribution is 6.23. The Morgan fingerprint density at radius 3 is 2.22 bits per heavy atom. The number of allylic oxidation sites excluding steroid dienone is 5. The molecule has 6 heteroatoms. The van der Waals surface area contributed by atoms with Crippen molar-refractivity contribution in [2.24, 2.45) is 22.1 Å². The van der Waals surface area contributed by atoms with Gasteiger partial charge in [-0.25, -0.2) is 4.99 Å². The first-order chi connectivity index (χ1) is 23.2. The molecule has 0 spiro atoms. The highest BCUT2D eigenvalue weighted by Gasteiger charge is 2.46. The molecule has 3 aliphatic rings. The maximum Gasteiger partial charge on any atom is 0.129 e. The number of nitrogens with one attached hydrogen (secondary N) is 1. The molecule has 0 atom stereocenters. The van der Waals surface area contributed by atoms with E-state index in [1.54, 1.807) is 0 Å². The van der Waals surface area contributed by atoms with E-state index < -0.39 is 0 Å². The Hall–Kier alpha value is -3.61. The Kier molecular flexibility index (Phi) is 11.3. The van der Waals surface area contributed by atoms with Crippen molar-refractivity contribution in [2.75, 3.05) is 39.3 Å². The molecule has 0 radical (unpaired) electrons. The number of hydrogen-bond acceptors (Lipinski definition) is 6. The van der Waals surface area contributed by atoms with Gasteiger partial charge in [-0.05, 0) is 106 Å². The van der Waals surface area contributed by atoms with Gasteiger partial charge in [0.25, 0.3) is 0 Å². The van der Waals surface area contributed by atoms with Gasteiger partial charge < -0.3 is 21.1 Å². The Bertz CT molecular complexity index is 1580. The van der Waals surface area contributed by atoms with Crippen LogP contribution in [0.15, 0.2) is 96.0 Å². The monoisotopic (exact) mass is 663 g/mol. The summed E-state index contributed by atoms with van der Waals surface area (Å²) in [4.78, 5) is 9.88. The van der Waals surface area contributed by atoms with E-state index in [1.165, 1.54) is 43.4 Å². The molecule has 4 N–H and O–H groups in total. The summed E-state index contributed by atoms with van der Waals surface area (Å²) in [5, 5.41) is 13.4. The molecule has 0 amide bonds. The van der Waals surface area contributed by atoms with Gasteiger partial charge in [0.05, 0.1) is 6.61 Å². The molecule has 0 unspecified atom stereocenters. The van der Waals surface area contributed by atoms with E-state index in [9.17, 15) is 5.11 Å². The lowest BCUT2D eigenvalue weighted by Gasteiger charge is -2.45. The zero-order valence-corrected chi connectivity index (χ0v) is 31.1. The van der Waals surface area contributed by atoms with Crippen LogP contribution < -0.4 is 11.1 Å². The second-order valence-electron chi connectivity index (χ2n) is 16.1. The number of rotatable bonds is 14. The fraction of sp³-hybridized carbons (Fsp3) is 0.512. The minimum Gasteiger partial charge on any atom is -0.402 e. The molecule has 2 saturated carbocycles. The van der Waals surface area contributed by atoms with Crippen molar-refractivity contribution in [2.45, 2.75) is 91.0 Å². The van der Waals surface area contributed by atoms with Gasteiger partial charge >= 0.3 is 0 Å². The Balaban J connectivity index is 1.40. The fourth-order valence-corrected chi connectivity index (χ4v) is 8.45. The molecule has 5 rings (SSSR count). The average Bonchev–Trinajstić information content (AvgIpc) is 3.65. The van der Waals surface area contributed by atoms with Crippen molar-refractivity contribution in [1.29, 1.82) is 0 Å². The van der Waals surface area contributed by atoms with Gasteiger partial charge in [0.1, 0.15) is 5.82 Å². The predicted molar refractivity (Wildman–Crippen MR) is 208 cm³/mol. The summed E-state index contributed by atoms with van der Waals surface area (Å²) in [6.07, 6.45) is 10.1. The SMILES string of the molecule is C=C(CC12CCC(CC1)C2)NC(C)(C)C(C)(C)c1cccc(C(=C)\C=C(/N=C(C)/C(=C(/C)N)c2ccccc2)N2CCN(CCO)CC2)c1. The van der Waals surface area contributed by atoms with Crippen LogP contribution in [0.1, 0.15) is 96.8 Å². The number of piperazine rings is 1. The third kappa shape index (κ3) is 8.41. The average molecular weight is 664 g/mol. The number of β-amino-alcohol motifs (C(OH)–C–C–N with tert-alkyl or cyclic N) is 1. The first-order valence-corrected chi connectivity index (χ1v) is 18.4. The van der Waals surface area contributed by atoms with Crippen molar-refractivity contribution in [3.63, 3.8) is 0 Å². The van der Waals surface area contributed by atoms with E-state index in [0.29, 0.717) is 12.0 Å². The second-order valence-corrected chi connectivity index (χ2v) is 16.1. The van der Waals surface area contributed by atoms with E-state index in [1.807, 2.05) is 32.0 Å². The zero-order valence-electron chi connectivity index (χ0n) is 31.1. The van der Waals surface area contributed by atoms with Crippen molar-refractivity contribution < 1.29 is 5.11 Å². The molecule has 0 aromatic heterocycles. The van der Waals surface area contributed by atoms with E-state index >= 15 is 0 Å². The summed E-state index contributed by atoms with van der Waals surface area (Å²) in [5.74, 6) is 1.82. The van der Waals surface area contributed by atoms with Crippen molar-refractivity contribution in [3.8, 4) is 0 Å². The van der Waals surface area contributed by atoms with E-state index in [4.69, 9.17) is 10.7 Å². The normalized spacial score (nSPS) is 22.7. The number of aliphatic hydroxyl groups excluding tert-OH is 1. The molecule has 2 bridgehead atoms. The maximum absolute atomic E-state index is 9.51. The number of benzene rings is 2. The summed E-state index contributed by atoms with van der Waals surface area (Å²) in [6, 6.07) is 19.1. The summed E-state index contributed by atoms with van der Waals surface area (Å²) < 4.78 is 0. The van der Waals surface area contributed by atoms with Gasteiger partial charge in [-0.2, -0.15) is 0 Å². The van der Waals surface area contributed by atoms with Crippen LogP contribution in [-0.2, 0) is 5.41 Å². The molecule has 3 fully saturated rings. The topological polar surface area (TPSA) is 77.1 Å². The molecule has 1 heterocycles.